The third kappa shape index (κ3) is 2.53. The Morgan fingerprint density at radius 3 is 2.71 bits per heavy atom. The summed E-state index contributed by atoms with van der Waals surface area (Å²) in [6.07, 6.45) is 0.447. The summed E-state index contributed by atoms with van der Waals surface area (Å²) in [4.78, 5) is 16.1. The smallest absolute Gasteiger partial charge is 0.159 e. The molecule has 0 unspecified atom stereocenters. The molecule has 0 radical (unpaired) electrons. The zero-order chi connectivity index (χ0) is 14.8. The van der Waals surface area contributed by atoms with E-state index in [1.54, 1.807) is 18.7 Å². The molecule has 1 aliphatic rings. The Balaban J connectivity index is 2.11. The highest BCUT2D eigenvalue weighted by Crippen LogP contribution is 2.48. The van der Waals surface area contributed by atoms with Crippen LogP contribution in [0.4, 0.5) is 11.4 Å². The Bertz CT molecular complexity index is 749. The number of para-hydroxylation sites is 1. The van der Waals surface area contributed by atoms with Crippen molar-refractivity contribution in [2.75, 3.05) is 11.4 Å². The summed E-state index contributed by atoms with van der Waals surface area (Å²) in [6.45, 7) is 2.20. The number of rotatable bonds is 3. The molecule has 0 amide bonds. The number of carbonyl (C=O) groups is 1. The van der Waals surface area contributed by atoms with Crippen molar-refractivity contribution in [1.29, 1.82) is 5.26 Å². The van der Waals surface area contributed by atoms with E-state index in [9.17, 15) is 4.79 Å². The van der Waals surface area contributed by atoms with Gasteiger partial charge in [-0.2, -0.15) is 5.26 Å². The van der Waals surface area contributed by atoms with Gasteiger partial charge in [0.05, 0.1) is 23.9 Å². The Labute approximate surface area is 128 Å². The molecule has 0 N–H and O–H groups in total. The van der Waals surface area contributed by atoms with Crippen LogP contribution in [0.3, 0.4) is 0 Å². The maximum atomic E-state index is 11.6. The number of hydrogen-bond donors (Lipinski definition) is 0. The molecule has 3 nitrogen and oxygen atoms in total. The van der Waals surface area contributed by atoms with Gasteiger partial charge in [0.2, 0.25) is 0 Å². The molecule has 2 aromatic carbocycles. The molecular formula is C17H14N2OS. The second-order valence-corrected chi connectivity index (χ2v) is 5.95. The fourth-order valence-electron chi connectivity index (χ4n) is 2.45. The molecule has 1 heterocycles. The number of hydrogen-bond acceptors (Lipinski definition) is 4. The molecule has 3 rings (SSSR count). The summed E-state index contributed by atoms with van der Waals surface area (Å²) >= 11 is 1.70. The van der Waals surface area contributed by atoms with Crippen molar-refractivity contribution in [2.24, 2.45) is 0 Å². The lowest BCUT2D eigenvalue weighted by Gasteiger charge is -2.32. The SMILES string of the molecule is CC(=O)c1ccc2c(c1)N(CCC#N)c1ccccc1S2. The Morgan fingerprint density at radius 1 is 1.19 bits per heavy atom. The van der Waals surface area contributed by atoms with Crippen molar-refractivity contribution >= 4 is 28.9 Å². The first-order valence-electron chi connectivity index (χ1n) is 6.77. The Morgan fingerprint density at radius 2 is 1.95 bits per heavy atom. The van der Waals surface area contributed by atoms with E-state index in [0.717, 1.165) is 16.3 Å². The average molecular weight is 294 g/mol. The number of ketones is 1. The monoisotopic (exact) mass is 294 g/mol. The summed E-state index contributed by atoms with van der Waals surface area (Å²) in [6, 6.07) is 16.1. The van der Waals surface area contributed by atoms with Gasteiger partial charge in [0.15, 0.2) is 5.78 Å². The van der Waals surface area contributed by atoms with Gasteiger partial charge in [-0.15, -0.1) is 0 Å². The lowest BCUT2D eigenvalue weighted by Crippen LogP contribution is -2.22. The largest absolute Gasteiger partial charge is 0.339 e. The first-order chi connectivity index (χ1) is 10.2. The predicted octanol–water partition coefficient (Wildman–Crippen LogP) is 4.41. The van der Waals surface area contributed by atoms with E-state index >= 15 is 0 Å². The summed E-state index contributed by atoms with van der Waals surface area (Å²) in [7, 11) is 0. The van der Waals surface area contributed by atoms with Crippen LogP contribution >= 0.6 is 11.8 Å². The van der Waals surface area contributed by atoms with Crippen molar-refractivity contribution in [3.63, 3.8) is 0 Å². The lowest BCUT2D eigenvalue weighted by molar-refractivity contribution is 0.101. The first kappa shape index (κ1) is 13.7. The number of Topliss-reactive ketones (excluding diaryl/α,β-unsaturated/α-hetero) is 1. The van der Waals surface area contributed by atoms with Crippen molar-refractivity contribution in [1.82, 2.24) is 0 Å². The van der Waals surface area contributed by atoms with E-state index in [-0.39, 0.29) is 5.78 Å². The molecule has 2 aromatic rings. The van der Waals surface area contributed by atoms with Gasteiger partial charge in [-0.3, -0.25) is 4.79 Å². The fourth-order valence-corrected chi connectivity index (χ4v) is 3.53. The quantitative estimate of drug-likeness (QED) is 0.787. The van der Waals surface area contributed by atoms with E-state index in [1.807, 2.05) is 30.3 Å². The highest BCUT2D eigenvalue weighted by Gasteiger charge is 2.23. The van der Waals surface area contributed by atoms with Crippen LogP contribution < -0.4 is 4.90 Å². The molecule has 0 bridgehead atoms. The molecule has 0 aliphatic carbocycles. The third-order valence-corrected chi connectivity index (χ3v) is 4.61. The average Bonchev–Trinajstić information content (AvgIpc) is 2.50. The number of fused-ring (bicyclic) bond motifs is 2. The van der Waals surface area contributed by atoms with Gasteiger partial charge in [-0.05, 0) is 31.2 Å². The molecular weight excluding hydrogens is 280 g/mol. The van der Waals surface area contributed by atoms with Crippen LogP contribution in [0.1, 0.15) is 23.7 Å². The summed E-state index contributed by atoms with van der Waals surface area (Å²) in [5.74, 6) is 0.0573. The summed E-state index contributed by atoms with van der Waals surface area (Å²) in [5.41, 5.74) is 2.82. The van der Waals surface area contributed by atoms with E-state index < -0.39 is 0 Å². The van der Waals surface area contributed by atoms with Gasteiger partial charge in [0.25, 0.3) is 0 Å². The summed E-state index contributed by atoms with van der Waals surface area (Å²) < 4.78 is 0. The van der Waals surface area contributed by atoms with E-state index in [0.29, 0.717) is 18.5 Å². The van der Waals surface area contributed by atoms with Crippen LogP contribution in [0.2, 0.25) is 0 Å². The zero-order valence-corrected chi connectivity index (χ0v) is 12.5. The number of nitrogens with zero attached hydrogens (tertiary/aromatic N) is 2. The minimum atomic E-state index is 0.0573. The zero-order valence-electron chi connectivity index (χ0n) is 11.7. The van der Waals surface area contributed by atoms with Crippen LogP contribution in [0.5, 0.6) is 0 Å². The molecule has 0 saturated carbocycles. The predicted molar refractivity (Wildman–Crippen MR) is 84.2 cm³/mol. The number of nitriles is 1. The topological polar surface area (TPSA) is 44.1 Å². The van der Waals surface area contributed by atoms with Gasteiger partial charge >= 0.3 is 0 Å². The van der Waals surface area contributed by atoms with Crippen LogP contribution in [0.15, 0.2) is 52.3 Å². The minimum Gasteiger partial charge on any atom is -0.339 e. The third-order valence-electron chi connectivity index (χ3n) is 3.48. The van der Waals surface area contributed by atoms with Crippen LogP contribution in [-0.2, 0) is 0 Å². The number of anilines is 2. The van der Waals surface area contributed by atoms with Crippen molar-refractivity contribution in [2.45, 2.75) is 23.1 Å². The van der Waals surface area contributed by atoms with Gasteiger partial charge < -0.3 is 4.90 Å². The van der Waals surface area contributed by atoms with Gasteiger partial charge in [0.1, 0.15) is 0 Å². The van der Waals surface area contributed by atoms with Gasteiger partial charge in [-0.1, -0.05) is 30.0 Å². The Kier molecular flexibility index (Phi) is 3.68. The first-order valence-corrected chi connectivity index (χ1v) is 7.58. The van der Waals surface area contributed by atoms with Crippen LogP contribution in [0.25, 0.3) is 0 Å². The molecule has 0 fully saturated rings. The van der Waals surface area contributed by atoms with Gasteiger partial charge in [-0.25, -0.2) is 0 Å². The van der Waals surface area contributed by atoms with E-state index in [4.69, 9.17) is 5.26 Å². The molecule has 0 aromatic heterocycles. The maximum Gasteiger partial charge on any atom is 0.159 e. The van der Waals surface area contributed by atoms with Crippen LogP contribution in [-0.4, -0.2) is 12.3 Å². The van der Waals surface area contributed by atoms with Crippen molar-refractivity contribution < 1.29 is 4.79 Å². The molecule has 0 saturated heterocycles. The highest BCUT2D eigenvalue weighted by atomic mass is 32.2. The molecule has 21 heavy (non-hydrogen) atoms. The number of carbonyl (C=O) groups excluding carboxylic acids is 1. The van der Waals surface area contributed by atoms with Crippen molar-refractivity contribution in [3.05, 3.63) is 48.0 Å². The maximum absolute atomic E-state index is 11.6. The molecule has 0 spiro atoms. The standard InChI is InChI=1S/C17H14N2OS/c1-12(20)13-7-8-17-15(11-13)19(10-4-9-18)14-5-2-3-6-16(14)21-17/h2-3,5-8,11H,4,10H2,1H3. The van der Waals surface area contributed by atoms with Crippen molar-refractivity contribution in [3.8, 4) is 6.07 Å². The molecule has 104 valence electrons. The van der Waals surface area contributed by atoms with Crippen LogP contribution in [0, 0.1) is 11.3 Å². The Hall–Kier alpha value is -2.25. The molecule has 1 aliphatic heterocycles. The van der Waals surface area contributed by atoms with E-state index in [1.165, 1.54) is 4.90 Å². The lowest BCUT2D eigenvalue weighted by atomic mass is 10.1. The normalized spacial score (nSPS) is 12.3. The summed E-state index contributed by atoms with van der Waals surface area (Å²) in [5, 5.41) is 8.90. The molecule has 4 heteroatoms. The fraction of sp³-hybridized carbons (Fsp3) is 0.176. The molecule has 0 atom stereocenters. The number of benzene rings is 2. The second kappa shape index (κ2) is 5.63. The minimum absolute atomic E-state index is 0.0573. The highest BCUT2D eigenvalue weighted by molar-refractivity contribution is 7.99. The second-order valence-electron chi connectivity index (χ2n) is 4.87. The van der Waals surface area contributed by atoms with E-state index in [2.05, 4.69) is 23.1 Å². The van der Waals surface area contributed by atoms with Gasteiger partial charge in [0, 0.05) is 21.9 Å².